The molecule has 5 fully saturated rings. The Bertz CT molecular complexity index is 2070. The van der Waals surface area contributed by atoms with Gasteiger partial charge >= 0.3 is 0 Å². The van der Waals surface area contributed by atoms with Gasteiger partial charge in [-0.3, -0.25) is 14.6 Å². The van der Waals surface area contributed by atoms with Crippen molar-refractivity contribution >= 4 is 17.3 Å². The van der Waals surface area contributed by atoms with Crippen molar-refractivity contribution in [1.82, 2.24) is 4.90 Å². The highest BCUT2D eigenvalue weighted by atomic mass is 16.6. The molecule has 60 heavy (non-hydrogen) atoms. The molecule has 12 atom stereocenters. The van der Waals surface area contributed by atoms with Crippen molar-refractivity contribution in [3.05, 3.63) is 69.6 Å². The van der Waals surface area contributed by atoms with Crippen LogP contribution in [0.4, 0.5) is 0 Å². The minimum Gasteiger partial charge on any atom is -0.396 e. The number of nitrogens with zero attached hydrogens (tertiary/aromatic N) is 2. The van der Waals surface area contributed by atoms with E-state index in [9.17, 15) is 24.9 Å². The summed E-state index contributed by atoms with van der Waals surface area (Å²) < 4.78 is 5.89. The quantitative estimate of drug-likeness (QED) is 0.191. The maximum Gasteiger partial charge on any atom is 0.160 e. The first kappa shape index (κ1) is 42.4. The number of carbonyl (C=O) groups excluding carboxylic acids is 2. The number of Topliss-reactive ketones (excluding diaryl/α,β-unsaturated/α-hetero) is 2. The summed E-state index contributed by atoms with van der Waals surface area (Å²) in [6, 6.07) is 6.56. The lowest BCUT2D eigenvalue weighted by Gasteiger charge is -2.70. The van der Waals surface area contributed by atoms with Crippen molar-refractivity contribution in [3.63, 3.8) is 0 Å². The highest BCUT2D eigenvalue weighted by Crippen LogP contribution is 2.76. The summed E-state index contributed by atoms with van der Waals surface area (Å²) in [5.41, 5.74) is 6.77. The number of hydrogen-bond acceptors (Lipinski definition) is 8. The van der Waals surface area contributed by atoms with E-state index in [-0.39, 0.29) is 64.6 Å². The van der Waals surface area contributed by atoms with Gasteiger partial charge < -0.3 is 25.0 Å². The molecule has 8 heteroatoms. The number of allylic oxidation sites excluding steroid dienone is 1. The van der Waals surface area contributed by atoms with E-state index in [4.69, 9.17) is 9.73 Å². The molecular weight excluding hydrogens is 749 g/mol. The first-order valence-electron chi connectivity index (χ1n) is 23.6. The fourth-order valence-corrected chi connectivity index (χ4v) is 15.9. The van der Waals surface area contributed by atoms with Gasteiger partial charge in [-0.2, -0.15) is 0 Å². The predicted octanol–water partition coefficient (Wildman–Crippen LogP) is 8.56. The van der Waals surface area contributed by atoms with Crippen LogP contribution in [-0.2, 0) is 20.7 Å². The Labute approximate surface area is 359 Å². The third-order valence-electron chi connectivity index (χ3n) is 18.7. The normalized spacial score (nSPS) is 40.5. The lowest BCUT2D eigenvalue weighted by molar-refractivity contribution is -0.226. The number of rotatable bonds is 11. The highest BCUT2D eigenvalue weighted by Gasteiger charge is 2.73. The molecule has 8 aliphatic rings. The summed E-state index contributed by atoms with van der Waals surface area (Å²) in [7, 11) is 0. The standard InChI is InChI=1S/C52H72N2O6/c1-29-22-30(2)24-32(23-29)26-34-36(17-21-55)54(37-16-20-53-44(34)37)28-35-43-42(31(3)25-38(56)47-48(4,5)60-47)39(57)27-51(43,8)50(7)19-14-40-49(6,46(50)45(35)59)18-15-41(58)52(40,9)33-12-10-11-13-33/h16,20,22-24,31,33,35,37-38,40,45-47,55-56,59H,10-15,17-19,21,25-28H2,1-9H3. The molecule has 0 spiro atoms. The first-order chi connectivity index (χ1) is 28.3. The van der Waals surface area contributed by atoms with Gasteiger partial charge in [-0.05, 0) is 129 Å². The Balaban J connectivity index is 1.18. The maximum atomic E-state index is 14.9. The van der Waals surface area contributed by atoms with Crippen LogP contribution in [0.25, 0.3) is 0 Å². The number of ketones is 2. The molecule has 3 N–H and O–H groups in total. The van der Waals surface area contributed by atoms with Gasteiger partial charge in [-0.25, -0.2) is 0 Å². The second kappa shape index (κ2) is 14.6. The van der Waals surface area contributed by atoms with E-state index in [1.807, 2.05) is 20.0 Å². The summed E-state index contributed by atoms with van der Waals surface area (Å²) >= 11 is 0. The zero-order valence-corrected chi connectivity index (χ0v) is 37.9. The molecule has 5 aliphatic carbocycles. The van der Waals surface area contributed by atoms with Gasteiger partial charge in [0.2, 0.25) is 0 Å². The fourth-order valence-electron chi connectivity index (χ4n) is 15.9. The van der Waals surface area contributed by atoms with Crippen LogP contribution in [0.3, 0.4) is 0 Å². The van der Waals surface area contributed by atoms with Crippen LogP contribution in [0.5, 0.6) is 0 Å². The SMILES string of the molecule is Cc1cc(C)cc(CC2=C(CCO)N(CC3C4=C(C(C)CC(O)C5OC5(C)C)C(=O)CC4(C)C4(C)CCC5C(C)(CCC(=O)C5(C)C5CCCC5)C4C3O)C3C=CN=C23)c1. The Morgan fingerprint density at radius 2 is 1.67 bits per heavy atom. The van der Waals surface area contributed by atoms with Crippen molar-refractivity contribution in [3.8, 4) is 0 Å². The number of hydrogen-bond donors (Lipinski definition) is 3. The molecule has 4 saturated carbocycles. The molecule has 3 aliphatic heterocycles. The van der Waals surface area contributed by atoms with E-state index in [1.165, 1.54) is 29.5 Å². The average molecular weight is 821 g/mol. The van der Waals surface area contributed by atoms with Crippen LogP contribution in [0.1, 0.15) is 136 Å². The van der Waals surface area contributed by atoms with Crippen LogP contribution in [0, 0.1) is 65.1 Å². The number of aliphatic hydroxyl groups excluding tert-OH is 3. The number of fused-ring (bicyclic) bond motifs is 6. The van der Waals surface area contributed by atoms with E-state index in [1.54, 1.807) is 0 Å². The lowest BCUT2D eigenvalue weighted by atomic mass is 9.34. The van der Waals surface area contributed by atoms with E-state index in [2.05, 4.69) is 77.6 Å². The number of ether oxygens (including phenoxy) is 1. The Hall–Kier alpha value is -2.91. The maximum absolute atomic E-state index is 14.9. The fraction of sp³-hybridized carbons (Fsp3) is 0.712. The van der Waals surface area contributed by atoms with Gasteiger partial charge in [0.1, 0.15) is 11.9 Å². The molecule has 0 amide bonds. The molecule has 0 bridgehead atoms. The molecule has 9 rings (SSSR count). The van der Waals surface area contributed by atoms with Gasteiger partial charge in [0, 0.05) is 67.5 Å². The molecule has 326 valence electrons. The average Bonchev–Trinajstić information content (AvgIpc) is 3.72. The van der Waals surface area contributed by atoms with Crippen LogP contribution in [-0.4, -0.2) is 80.6 Å². The van der Waals surface area contributed by atoms with Gasteiger partial charge in [0.25, 0.3) is 0 Å². The summed E-state index contributed by atoms with van der Waals surface area (Å²) in [5, 5.41) is 35.8. The summed E-state index contributed by atoms with van der Waals surface area (Å²) in [4.78, 5) is 36.6. The summed E-state index contributed by atoms with van der Waals surface area (Å²) in [6.07, 6.45) is 12.0. The van der Waals surface area contributed by atoms with Crippen molar-refractivity contribution in [1.29, 1.82) is 0 Å². The summed E-state index contributed by atoms with van der Waals surface area (Å²) in [5.74, 6) is 0.399. The third kappa shape index (κ3) is 6.13. The number of benzene rings is 1. The van der Waals surface area contributed by atoms with Crippen LogP contribution < -0.4 is 0 Å². The highest BCUT2D eigenvalue weighted by molar-refractivity contribution is 6.10. The molecule has 3 heterocycles. The number of aliphatic hydroxyl groups is 3. The lowest BCUT2D eigenvalue weighted by Crippen LogP contribution is -2.69. The van der Waals surface area contributed by atoms with Gasteiger partial charge in [0.05, 0.1) is 29.6 Å². The molecule has 0 radical (unpaired) electrons. The Morgan fingerprint density at radius 3 is 2.32 bits per heavy atom. The van der Waals surface area contributed by atoms with Crippen LogP contribution >= 0.6 is 0 Å². The molecule has 1 aromatic carbocycles. The van der Waals surface area contributed by atoms with Crippen molar-refractivity contribution in [2.24, 2.45) is 56.2 Å². The molecule has 0 aromatic heterocycles. The minimum absolute atomic E-state index is 0.00794. The minimum atomic E-state index is -0.764. The second-order valence-electron chi connectivity index (χ2n) is 22.4. The number of aryl methyl sites for hydroxylation is 2. The van der Waals surface area contributed by atoms with Gasteiger partial charge in [0.15, 0.2) is 5.78 Å². The third-order valence-corrected chi connectivity index (χ3v) is 18.7. The number of carbonyl (C=O) groups is 2. The molecule has 12 unspecified atom stereocenters. The largest absolute Gasteiger partial charge is 0.396 e. The smallest absolute Gasteiger partial charge is 0.160 e. The van der Waals surface area contributed by atoms with Crippen molar-refractivity contribution in [2.75, 3.05) is 13.2 Å². The van der Waals surface area contributed by atoms with E-state index in [0.29, 0.717) is 50.4 Å². The predicted molar refractivity (Wildman–Crippen MR) is 235 cm³/mol. The van der Waals surface area contributed by atoms with Gasteiger partial charge in [-0.1, -0.05) is 76.8 Å². The second-order valence-corrected chi connectivity index (χ2v) is 22.4. The van der Waals surface area contributed by atoms with Crippen molar-refractivity contribution in [2.45, 2.75) is 169 Å². The monoisotopic (exact) mass is 821 g/mol. The number of aliphatic imine (C=N–C) groups is 1. The molecule has 1 aromatic rings. The Kier molecular flexibility index (Phi) is 10.3. The van der Waals surface area contributed by atoms with Gasteiger partial charge in [-0.15, -0.1) is 0 Å². The topological polar surface area (TPSA) is 123 Å². The first-order valence-corrected chi connectivity index (χ1v) is 23.6. The summed E-state index contributed by atoms with van der Waals surface area (Å²) in [6.45, 7) is 20.3. The van der Waals surface area contributed by atoms with E-state index < -0.39 is 23.0 Å². The van der Waals surface area contributed by atoms with Crippen LogP contribution in [0.2, 0.25) is 0 Å². The van der Waals surface area contributed by atoms with Crippen LogP contribution in [0.15, 0.2) is 57.9 Å². The molecular formula is C52H72N2O6. The van der Waals surface area contributed by atoms with E-state index in [0.717, 1.165) is 60.2 Å². The zero-order valence-electron chi connectivity index (χ0n) is 37.9. The molecule has 1 saturated heterocycles. The number of epoxide rings is 1. The zero-order chi connectivity index (χ0) is 42.9. The van der Waals surface area contributed by atoms with Crippen molar-refractivity contribution < 1.29 is 29.6 Å². The molecule has 8 nitrogen and oxygen atoms in total. The Morgan fingerprint density at radius 1 is 0.983 bits per heavy atom. The van der Waals surface area contributed by atoms with E-state index >= 15 is 0 Å².